The number of nitrogen functional groups attached to an aromatic ring is 1. The molecule has 0 aliphatic rings. The number of benzene rings is 1. The SMILES string of the molecule is Cc1cc2nnc(-c3c(N)cccc3Cl)n2cn1. The van der Waals surface area contributed by atoms with Crippen molar-refractivity contribution in [1.29, 1.82) is 0 Å². The number of aromatic nitrogens is 4. The van der Waals surface area contributed by atoms with Crippen molar-refractivity contribution in [3.8, 4) is 11.4 Å². The second-order valence-electron chi connectivity index (χ2n) is 3.99. The Morgan fingerprint density at radius 2 is 2.11 bits per heavy atom. The van der Waals surface area contributed by atoms with E-state index in [2.05, 4.69) is 15.2 Å². The molecule has 2 heterocycles. The minimum atomic E-state index is 0.546. The van der Waals surface area contributed by atoms with Gasteiger partial charge < -0.3 is 5.73 Å². The third kappa shape index (κ3) is 1.60. The summed E-state index contributed by atoms with van der Waals surface area (Å²) in [5.41, 5.74) is 8.79. The summed E-state index contributed by atoms with van der Waals surface area (Å²) in [5.74, 6) is 0.598. The molecule has 0 radical (unpaired) electrons. The smallest absolute Gasteiger partial charge is 0.173 e. The van der Waals surface area contributed by atoms with Crippen molar-refractivity contribution in [2.24, 2.45) is 0 Å². The van der Waals surface area contributed by atoms with Crippen molar-refractivity contribution in [3.05, 3.63) is 41.3 Å². The van der Waals surface area contributed by atoms with Gasteiger partial charge in [0, 0.05) is 17.4 Å². The van der Waals surface area contributed by atoms with Crippen LogP contribution in [0.3, 0.4) is 0 Å². The lowest BCUT2D eigenvalue weighted by Crippen LogP contribution is -1.96. The lowest BCUT2D eigenvalue weighted by atomic mass is 10.1. The summed E-state index contributed by atoms with van der Waals surface area (Å²) >= 11 is 6.17. The summed E-state index contributed by atoms with van der Waals surface area (Å²) in [6.07, 6.45) is 1.67. The quantitative estimate of drug-likeness (QED) is 0.681. The Kier molecular flexibility index (Phi) is 2.41. The van der Waals surface area contributed by atoms with E-state index in [0.717, 1.165) is 11.3 Å². The third-order valence-electron chi connectivity index (χ3n) is 2.71. The standard InChI is InChI=1S/C12H10ClN5/c1-7-5-10-16-17-12(18(10)6-15-7)11-8(13)3-2-4-9(11)14/h2-6H,14H2,1H3. The highest BCUT2D eigenvalue weighted by atomic mass is 35.5. The molecule has 0 unspecified atom stereocenters. The Labute approximate surface area is 108 Å². The molecule has 0 amide bonds. The first kappa shape index (κ1) is 11.0. The van der Waals surface area contributed by atoms with Gasteiger partial charge in [0.2, 0.25) is 0 Å². The predicted octanol–water partition coefficient (Wildman–Crippen LogP) is 2.34. The van der Waals surface area contributed by atoms with Crippen molar-refractivity contribution in [2.45, 2.75) is 6.92 Å². The van der Waals surface area contributed by atoms with E-state index in [1.807, 2.05) is 13.0 Å². The van der Waals surface area contributed by atoms with Crippen LogP contribution in [-0.4, -0.2) is 19.6 Å². The molecule has 1 aromatic carbocycles. The number of aryl methyl sites for hydroxylation is 1. The second kappa shape index (κ2) is 3.96. The molecule has 90 valence electrons. The van der Waals surface area contributed by atoms with Gasteiger partial charge in [-0.15, -0.1) is 10.2 Å². The van der Waals surface area contributed by atoms with Gasteiger partial charge in [-0.2, -0.15) is 0 Å². The Balaban J connectivity index is 2.32. The highest BCUT2D eigenvalue weighted by molar-refractivity contribution is 6.33. The van der Waals surface area contributed by atoms with Crippen LogP contribution in [0.1, 0.15) is 5.69 Å². The lowest BCUT2D eigenvalue weighted by molar-refractivity contribution is 1.05. The number of nitrogens with two attached hydrogens (primary N) is 1. The maximum absolute atomic E-state index is 6.17. The van der Waals surface area contributed by atoms with E-state index in [-0.39, 0.29) is 0 Å². The van der Waals surface area contributed by atoms with Gasteiger partial charge in [-0.1, -0.05) is 17.7 Å². The molecule has 0 aliphatic carbocycles. The van der Waals surface area contributed by atoms with Crippen molar-refractivity contribution in [3.63, 3.8) is 0 Å². The summed E-state index contributed by atoms with van der Waals surface area (Å²) in [4.78, 5) is 4.22. The van der Waals surface area contributed by atoms with Crippen molar-refractivity contribution >= 4 is 22.9 Å². The fourth-order valence-electron chi connectivity index (χ4n) is 1.84. The topological polar surface area (TPSA) is 69.1 Å². The van der Waals surface area contributed by atoms with Crippen molar-refractivity contribution < 1.29 is 0 Å². The maximum Gasteiger partial charge on any atom is 0.173 e. The fraction of sp³-hybridized carbons (Fsp3) is 0.0833. The van der Waals surface area contributed by atoms with Crippen molar-refractivity contribution in [2.75, 3.05) is 5.73 Å². The highest BCUT2D eigenvalue weighted by Gasteiger charge is 2.14. The predicted molar refractivity (Wildman–Crippen MR) is 70.4 cm³/mol. The minimum Gasteiger partial charge on any atom is -0.398 e. The Bertz CT molecular complexity index is 714. The average molecular weight is 260 g/mol. The van der Waals surface area contributed by atoms with Gasteiger partial charge in [0.05, 0.1) is 10.6 Å². The second-order valence-corrected chi connectivity index (χ2v) is 4.39. The number of nitrogens with zero attached hydrogens (tertiary/aromatic N) is 4. The molecule has 0 saturated heterocycles. The molecule has 0 fully saturated rings. The molecule has 0 bridgehead atoms. The first-order valence-corrected chi connectivity index (χ1v) is 5.76. The van der Waals surface area contributed by atoms with E-state index in [1.165, 1.54) is 0 Å². The molecular formula is C12H10ClN5. The van der Waals surface area contributed by atoms with Crippen LogP contribution in [0.15, 0.2) is 30.6 Å². The van der Waals surface area contributed by atoms with Gasteiger partial charge in [-0.3, -0.25) is 4.40 Å². The van der Waals surface area contributed by atoms with Gasteiger partial charge in [-0.25, -0.2) is 4.98 Å². The van der Waals surface area contributed by atoms with Crippen LogP contribution in [0.2, 0.25) is 5.02 Å². The van der Waals surface area contributed by atoms with Crippen LogP contribution in [0, 0.1) is 6.92 Å². The number of rotatable bonds is 1. The van der Waals surface area contributed by atoms with E-state index in [1.54, 1.807) is 28.9 Å². The normalized spacial score (nSPS) is 11.0. The van der Waals surface area contributed by atoms with Crippen LogP contribution in [0.4, 0.5) is 5.69 Å². The summed E-state index contributed by atoms with van der Waals surface area (Å²) in [6, 6.07) is 7.20. The van der Waals surface area contributed by atoms with Crippen LogP contribution < -0.4 is 5.73 Å². The van der Waals surface area contributed by atoms with E-state index in [0.29, 0.717) is 22.1 Å². The lowest BCUT2D eigenvalue weighted by Gasteiger charge is -2.05. The van der Waals surface area contributed by atoms with E-state index in [9.17, 15) is 0 Å². The van der Waals surface area contributed by atoms with Gasteiger partial charge >= 0.3 is 0 Å². The Morgan fingerprint density at radius 3 is 2.89 bits per heavy atom. The molecular weight excluding hydrogens is 250 g/mol. The number of halogens is 1. The largest absolute Gasteiger partial charge is 0.398 e. The van der Waals surface area contributed by atoms with Crippen molar-refractivity contribution in [1.82, 2.24) is 19.6 Å². The molecule has 5 nitrogen and oxygen atoms in total. The first-order chi connectivity index (χ1) is 8.66. The Hall–Kier alpha value is -2.14. The molecule has 18 heavy (non-hydrogen) atoms. The maximum atomic E-state index is 6.17. The monoisotopic (exact) mass is 259 g/mol. The minimum absolute atomic E-state index is 0.546. The van der Waals surface area contributed by atoms with Gasteiger partial charge in [0.25, 0.3) is 0 Å². The highest BCUT2D eigenvalue weighted by Crippen LogP contribution is 2.31. The number of fused-ring (bicyclic) bond motifs is 1. The number of anilines is 1. The molecule has 3 aromatic rings. The van der Waals surface area contributed by atoms with Crippen LogP contribution in [-0.2, 0) is 0 Å². The van der Waals surface area contributed by atoms with Crippen LogP contribution >= 0.6 is 11.6 Å². The van der Waals surface area contributed by atoms with Crippen LogP contribution in [0.25, 0.3) is 17.0 Å². The summed E-state index contributed by atoms with van der Waals surface area (Å²) < 4.78 is 1.77. The molecule has 0 atom stereocenters. The van der Waals surface area contributed by atoms with Gasteiger partial charge in [0.15, 0.2) is 11.5 Å². The zero-order valence-corrected chi connectivity index (χ0v) is 10.4. The Morgan fingerprint density at radius 1 is 1.28 bits per heavy atom. The molecule has 0 aliphatic heterocycles. The summed E-state index contributed by atoms with van der Waals surface area (Å²) in [5, 5.41) is 8.78. The zero-order valence-electron chi connectivity index (χ0n) is 9.63. The van der Waals surface area contributed by atoms with E-state index < -0.39 is 0 Å². The number of hydrogen-bond acceptors (Lipinski definition) is 4. The summed E-state index contributed by atoms with van der Waals surface area (Å²) in [7, 11) is 0. The van der Waals surface area contributed by atoms with Crippen LogP contribution in [0.5, 0.6) is 0 Å². The molecule has 6 heteroatoms. The van der Waals surface area contributed by atoms with Gasteiger partial charge in [0.1, 0.15) is 6.33 Å². The zero-order chi connectivity index (χ0) is 12.7. The molecule has 2 N–H and O–H groups in total. The summed E-state index contributed by atoms with van der Waals surface area (Å²) in [6.45, 7) is 1.90. The average Bonchev–Trinajstić information content (AvgIpc) is 2.72. The van der Waals surface area contributed by atoms with Gasteiger partial charge in [-0.05, 0) is 19.1 Å². The number of hydrogen-bond donors (Lipinski definition) is 1. The third-order valence-corrected chi connectivity index (χ3v) is 3.02. The molecule has 3 rings (SSSR count). The van der Waals surface area contributed by atoms with E-state index >= 15 is 0 Å². The first-order valence-electron chi connectivity index (χ1n) is 5.38. The molecule has 2 aromatic heterocycles. The molecule has 0 saturated carbocycles. The molecule has 0 spiro atoms. The van der Waals surface area contributed by atoms with E-state index in [4.69, 9.17) is 17.3 Å². The fourth-order valence-corrected chi connectivity index (χ4v) is 2.10.